The monoisotopic (exact) mass is 250 g/mol. The number of rotatable bonds is 3. The molecule has 1 aromatic carbocycles. The molecule has 0 aliphatic heterocycles. The number of halogens is 1. The smallest absolute Gasteiger partial charge is 0.254 e. The number of hydrogen-bond donors (Lipinski definition) is 1. The molecular weight excluding hydrogens is 231 g/mol. The molecular formula is C14H19FN2O. The quantitative estimate of drug-likeness (QED) is 0.662. The lowest BCUT2D eigenvalue weighted by Gasteiger charge is -2.35. The molecule has 0 fully saturated rings. The maximum absolute atomic E-state index is 13.1. The Bertz CT molecular complexity index is 463. The lowest BCUT2D eigenvalue weighted by molar-refractivity contribution is 0.0616. The third-order valence-corrected chi connectivity index (χ3v) is 2.61. The van der Waals surface area contributed by atoms with Crippen molar-refractivity contribution in [3.63, 3.8) is 0 Å². The highest BCUT2D eigenvalue weighted by molar-refractivity contribution is 5.95. The largest absolute Gasteiger partial charge is 0.396 e. The number of amides is 1. The van der Waals surface area contributed by atoms with Crippen molar-refractivity contribution in [2.75, 3.05) is 12.3 Å². The van der Waals surface area contributed by atoms with Gasteiger partial charge in [-0.05, 0) is 39.0 Å². The van der Waals surface area contributed by atoms with Gasteiger partial charge in [0.05, 0.1) is 5.69 Å². The van der Waals surface area contributed by atoms with E-state index < -0.39 is 5.82 Å². The normalized spacial score (nSPS) is 11.1. The molecule has 0 atom stereocenters. The standard InChI is InChI=1S/C14H19FN2O/c1-5-8-17(14(2,3)4)13(18)10-6-7-11(15)12(16)9-10/h5-7,9H,1,8,16H2,2-4H3. The van der Waals surface area contributed by atoms with E-state index in [1.54, 1.807) is 11.0 Å². The summed E-state index contributed by atoms with van der Waals surface area (Å²) in [7, 11) is 0. The number of anilines is 1. The first-order valence-electron chi connectivity index (χ1n) is 5.75. The first-order chi connectivity index (χ1) is 8.27. The summed E-state index contributed by atoms with van der Waals surface area (Å²) < 4.78 is 13.1. The minimum atomic E-state index is -0.516. The van der Waals surface area contributed by atoms with Crippen LogP contribution < -0.4 is 5.73 Å². The Kier molecular flexibility index (Phi) is 4.11. The fourth-order valence-corrected chi connectivity index (χ4v) is 1.62. The Morgan fingerprint density at radius 3 is 2.56 bits per heavy atom. The zero-order chi connectivity index (χ0) is 13.9. The van der Waals surface area contributed by atoms with E-state index in [1.165, 1.54) is 18.2 Å². The van der Waals surface area contributed by atoms with Gasteiger partial charge in [0.2, 0.25) is 0 Å². The van der Waals surface area contributed by atoms with E-state index >= 15 is 0 Å². The van der Waals surface area contributed by atoms with Gasteiger partial charge in [-0.15, -0.1) is 6.58 Å². The van der Waals surface area contributed by atoms with Crippen molar-refractivity contribution in [2.45, 2.75) is 26.3 Å². The SMILES string of the molecule is C=CCN(C(=O)c1ccc(F)c(N)c1)C(C)(C)C. The van der Waals surface area contributed by atoms with Gasteiger partial charge in [0.1, 0.15) is 5.82 Å². The van der Waals surface area contributed by atoms with Crippen LogP contribution in [0.25, 0.3) is 0 Å². The fourth-order valence-electron chi connectivity index (χ4n) is 1.62. The molecule has 1 amide bonds. The first kappa shape index (κ1) is 14.2. The molecule has 0 bridgehead atoms. The Balaban J connectivity index is 3.09. The second-order valence-corrected chi connectivity index (χ2v) is 5.11. The van der Waals surface area contributed by atoms with Crippen LogP contribution in [0.1, 0.15) is 31.1 Å². The minimum Gasteiger partial charge on any atom is -0.396 e. The maximum Gasteiger partial charge on any atom is 0.254 e. The summed E-state index contributed by atoms with van der Waals surface area (Å²) in [5.41, 5.74) is 5.50. The lowest BCUT2D eigenvalue weighted by atomic mass is 10.0. The van der Waals surface area contributed by atoms with Crippen LogP contribution in [-0.4, -0.2) is 22.9 Å². The van der Waals surface area contributed by atoms with Crippen LogP contribution in [0.5, 0.6) is 0 Å². The average Bonchev–Trinajstić information content (AvgIpc) is 2.27. The predicted octanol–water partition coefficient (Wildman–Crippen LogP) is 2.83. The summed E-state index contributed by atoms with van der Waals surface area (Å²) in [5.74, 6) is -0.702. The molecule has 0 aromatic heterocycles. The predicted molar refractivity (Wildman–Crippen MR) is 71.8 cm³/mol. The zero-order valence-electron chi connectivity index (χ0n) is 11.0. The highest BCUT2D eigenvalue weighted by Gasteiger charge is 2.26. The lowest BCUT2D eigenvalue weighted by Crippen LogP contribution is -2.45. The number of nitrogens with zero attached hydrogens (tertiary/aromatic N) is 1. The van der Waals surface area contributed by atoms with Crippen molar-refractivity contribution in [3.05, 3.63) is 42.2 Å². The van der Waals surface area contributed by atoms with Gasteiger partial charge in [-0.25, -0.2) is 4.39 Å². The molecule has 0 aliphatic carbocycles. The van der Waals surface area contributed by atoms with Crippen LogP contribution >= 0.6 is 0 Å². The average molecular weight is 250 g/mol. The summed E-state index contributed by atoms with van der Waals surface area (Å²) in [5, 5.41) is 0. The van der Waals surface area contributed by atoms with Crippen molar-refractivity contribution in [1.29, 1.82) is 0 Å². The molecule has 98 valence electrons. The summed E-state index contributed by atoms with van der Waals surface area (Å²) >= 11 is 0. The number of carbonyl (C=O) groups excluding carboxylic acids is 1. The maximum atomic E-state index is 13.1. The summed E-state index contributed by atoms with van der Waals surface area (Å²) in [4.78, 5) is 14.0. The van der Waals surface area contributed by atoms with Crippen molar-refractivity contribution in [2.24, 2.45) is 0 Å². The van der Waals surface area contributed by atoms with Gasteiger partial charge in [-0.3, -0.25) is 4.79 Å². The Labute approximate surface area is 107 Å². The molecule has 18 heavy (non-hydrogen) atoms. The fraction of sp³-hybridized carbons (Fsp3) is 0.357. The van der Waals surface area contributed by atoms with Crippen molar-refractivity contribution in [3.8, 4) is 0 Å². The summed E-state index contributed by atoms with van der Waals surface area (Å²) in [6.07, 6.45) is 1.66. The molecule has 1 rings (SSSR count). The van der Waals surface area contributed by atoms with Crippen LogP contribution in [0.2, 0.25) is 0 Å². The molecule has 0 saturated carbocycles. The number of hydrogen-bond acceptors (Lipinski definition) is 2. The van der Waals surface area contributed by atoms with Gasteiger partial charge in [0, 0.05) is 17.6 Å². The number of nitrogen functional groups attached to an aromatic ring is 1. The number of benzene rings is 1. The molecule has 0 unspecified atom stereocenters. The van der Waals surface area contributed by atoms with E-state index in [1.807, 2.05) is 20.8 Å². The van der Waals surface area contributed by atoms with Gasteiger partial charge < -0.3 is 10.6 Å². The number of nitrogens with two attached hydrogens (primary N) is 1. The van der Waals surface area contributed by atoms with Crippen LogP contribution in [0.4, 0.5) is 10.1 Å². The molecule has 0 radical (unpaired) electrons. The minimum absolute atomic E-state index is 0.0201. The highest BCUT2D eigenvalue weighted by Crippen LogP contribution is 2.19. The Morgan fingerprint density at radius 2 is 2.11 bits per heavy atom. The van der Waals surface area contributed by atoms with Crippen LogP contribution in [0, 0.1) is 5.82 Å². The van der Waals surface area contributed by atoms with E-state index in [0.717, 1.165) is 0 Å². The molecule has 4 heteroatoms. The molecule has 0 saturated heterocycles. The van der Waals surface area contributed by atoms with Crippen LogP contribution in [0.3, 0.4) is 0 Å². The van der Waals surface area contributed by atoms with Gasteiger partial charge in [0.25, 0.3) is 5.91 Å². The first-order valence-corrected chi connectivity index (χ1v) is 5.75. The second kappa shape index (κ2) is 5.21. The Hall–Kier alpha value is -1.84. The van der Waals surface area contributed by atoms with Crippen molar-refractivity contribution >= 4 is 11.6 Å². The van der Waals surface area contributed by atoms with Crippen molar-refractivity contribution in [1.82, 2.24) is 4.90 Å². The summed E-state index contributed by atoms with van der Waals surface area (Å²) in [6.45, 7) is 9.87. The van der Waals surface area contributed by atoms with Gasteiger partial charge in [-0.2, -0.15) is 0 Å². The van der Waals surface area contributed by atoms with Gasteiger partial charge in [-0.1, -0.05) is 6.08 Å². The molecule has 2 N–H and O–H groups in total. The molecule has 3 nitrogen and oxygen atoms in total. The van der Waals surface area contributed by atoms with Gasteiger partial charge in [0.15, 0.2) is 0 Å². The van der Waals surface area contributed by atoms with E-state index in [-0.39, 0.29) is 17.1 Å². The zero-order valence-corrected chi connectivity index (χ0v) is 11.0. The van der Waals surface area contributed by atoms with E-state index in [0.29, 0.717) is 12.1 Å². The van der Waals surface area contributed by atoms with Gasteiger partial charge >= 0.3 is 0 Å². The topological polar surface area (TPSA) is 46.3 Å². The molecule has 0 heterocycles. The van der Waals surface area contributed by atoms with Crippen molar-refractivity contribution < 1.29 is 9.18 Å². The van der Waals surface area contributed by atoms with E-state index in [4.69, 9.17) is 5.73 Å². The third kappa shape index (κ3) is 3.09. The summed E-state index contributed by atoms with van der Waals surface area (Å²) in [6, 6.07) is 4.01. The number of carbonyl (C=O) groups is 1. The second-order valence-electron chi connectivity index (χ2n) is 5.11. The van der Waals surface area contributed by atoms with E-state index in [9.17, 15) is 9.18 Å². The molecule has 1 aromatic rings. The third-order valence-electron chi connectivity index (χ3n) is 2.61. The molecule has 0 spiro atoms. The van der Waals surface area contributed by atoms with Crippen LogP contribution in [-0.2, 0) is 0 Å². The Morgan fingerprint density at radius 1 is 1.50 bits per heavy atom. The van der Waals surface area contributed by atoms with E-state index in [2.05, 4.69) is 6.58 Å². The highest BCUT2D eigenvalue weighted by atomic mass is 19.1. The van der Waals surface area contributed by atoms with Crippen LogP contribution in [0.15, 0.2) is 30.9 Å². The molecule has 0 aliphatic rings.